The Morgan fingerprint density at radius 3 is 2.86 bits per heavy atom. The molecule has 108 valence electrons. The standard InChI is InChI=1S/C17H20N4/c1-21(12-13-6-8-19-9-7-13)17-10-14(11-18)15-4-2-3-5-16(15)20-17/h2-5,10,13,19H,6-9,12H2,1H3. The molecule has 3 rings (SSSR count). The van der Waals surface area contributed by atoms with E-state index in [1.54, 1.807) is 0 Å². The third-order valence-corrected chi connectivity index (χ3v) is 4.20. The number of anilines is 1. The van der Waals surface area contributed by atoms with Gasteiger partial charge in [0.05, 0.1) is 17.1 Å². The second-order valence-electron chi connectivity index (χ2n) is 5.73. The quantitative estimate of drug-likeness (QED) is 0.938. The summed E-state index contributed by atoms with van der Waals surface area (Å²) in [5.41, 5.74) is 1.59. The maximum Gasteiger partial charge on any atom is 0.130 e. The van der Waals surface area contributed by atoms with Gasteiger partial charge in [-0.1, -0.05) is 18.2 Å². The van der Waals surface area contributed by atoms with Crippen molar-refractivity contribution in [3.8, 4) is 6.07 Å². The Kier molecular flexibility index (Phi) is 4.03. The van der Waals surface area contributed by atoms with Crippen LogP contribution in [0.1, 0.15) is 18.4 Å². The predicted molar refractivity (Wildman–Crippen MR) is 85.3 cm³/mol. The van der Waals surface area contributed by atoms with Crippen molar-refractivity contribution in [1.29, 1.82) is 5.26 Å². The first-order valence-electron chi connectivity index (χ1n) is 7.49. The molecule has 1 N–H and O–H groups in total. The van der Waals surface area contributed by atoms with Crippen LogP contribution < -0.4 is 10.2 Å². The van der Waals surface area contributed by atoms with Crippen LogP contribution in [-0.4, -0.2) is 31.7 Å². The van der Waals surface area contributed by atoms with Crippen molar-refractivity contribution in [2.45, 2.75) is 12.8 Å². The molecular weight excluding hydrogens is 260 g/mol. The van der Waals surface area contributed by atoms with E-state index in [1.807, 2.05) is 30.3 Å². The van der Waals surface area contributed by atoms with E-state index in [1.165, 1.54) is 12.8 Å². The summed E-state index contributed by atoms with van der Waals surface area (Å²) in [5, 5.41) is 13.7. The van der Waals surface area contributed by atoms with Gasteiger partial charge >= 0.3 is 0 Å². The molecule has 1 aromatic heterocycles. The molecule has 0 bridgehead atoms. The molecule has 4 nitrogen and oxygen atoms in total. The number of pyridine rings is 1. The molecule has 0 radical (unpaired) electrons. The molecule has 1 fully saturated rings. The lowest BCUT2D eigenvalue weighted by molar-refractivity contribution is 0.377. The van der Waals surface area contributed by atoms with Gasteiger partial charge in [0, 0.05) is 19.0 Å². The van der Waals surface area contributed by atoms with Crippen LogP contribution in [-0.2, 0) is 0 Å². The van der Waals surface area contributed by atoms with Crippen molar-refractivity contribution >= 4 is 16.7 Å². The minimum Gasteiger partial charge on any atom is -0.359 e. The first kappa shape index (κ1) is 13.8. The molecule has 1 aliphatic heterocycles. The molecule has 0 aliphatic carbocycles. The Morgan fingerprint density at radius 1 is 1.33 bits per heavy atom. The van der Waals surface area contributed by atoms with Gasteiger partial charge in [-0.2, -0.15) is 5.26 Å². The third-order valence-electron chi connectivity index (χ3n) is 4.20. The van der Waals surface area contributed by atoms with Crippen LogP contribution in [0.5, 0.6) is 0 Å². The lowest BCUT2D eigenvalue weighted by Gasteiger charge is -2.28. The van der Waals surface area contributed by atoms with Gasteiger partial charge in [-0.3, -0.25) is 0 Å². The molecule has 2 heterocycles. The van der Waals surface area contributed by atoms with E-state index in [0.29, 0.717) is 11.5 Å². The largest absolute Gasteiger partial charge is 0.359 e. The number of nitrogens with zero attached hydrogens (tertiary/aromatic N) is 3. The summed E-state index contributed by atoms with van der Waals surface area (Å²) in [7, 11) is 2.07. The van der Waals surface area contributed by atoms with Crippen molar-refractivity contribution in [2.24, 2.45) is 5.92 Å². The fraction of sp³-hybridized carbons (Fsp3) is 0.412. The smallest absolute Gasteiger partial charge is 0.130 e. The lowest BCUT2D eigenvalue weighted by atomic mass is 9.97. The van der Waals surface area contributed by atoms with Gasteiger partial charge in [-0.05, 0) is 44.0 Å². The number of hydrogen-bond donors (Lipinski definition) is 1. The van der Waals surface area contributed by atoms with Crippen molar-refractivity contribution < 1.29 is 0 Å². The van der Waals surface area contributed by atoms with Gasteiger partial charge in [-0.15, -0.1) is 0 Å². The first-order valence-corrected chi connectivity index (χ1v) is 7.49. The molecule has 21 heavy (non-hydrogen) atoms. The molecule has 0 unspecified atom stereocenters. The maximum atomic E-state index is 9.36. The highest BCUT2D eigenvalue weighted by atomic mass is 15.2. The highest BCUT2D eigenvalue weighted by molar-refractivity contribution is 5.86. The number of nitrogens with one attached hydrogen (secondary N) is 1. The van der Waals surface area contributed by atoms with Gasteiger partial charge in [0.15, 0.2) is 0 Å². The molecule has 1 aromatic carbocycles. The highest BCUT2D eigenvalue weighted by Crippen LogP contribution is 2.23. The molecule has 2 aromatic rings. The van der Waals surface area contributed by atoms with Crippen molar-refractivity contribution in [3.63, 3.8) is 0 Å². The van der Waals surface area contributed by atoms with Crippen LogP contribution in [0.25, 0.3) is 10.9 Å². The van der Waals surface area contributed by atoms with Crippen molar-refractivity contribution in [3.05, 3.63) is 35.9 Å². The highest BCUT2D eigenvalue weighted by Gasteiger charge is 2.16. The van der Waals surface area contributed by atoms with Gasteiger partial charge in [0.25, 0.3) is 0 Å². The number of aromatic nitrogens is 1. The zero-order valence-corrected chi connectivity index (χ0v) is 12.3. The average Bonchev–Trinajstić information content (AvgIpc) is 2.54. The molecule has 4 heteroatoms. The Labute approximate surface area is 125 Å². The number of nitriles is 1. The summed E-state index contributed by atoms with van der Waals surface area (Å²) in [4.78, 5) is 6.89. The lowest BCUT2D eigenvalue weighted by Crippen LogP contribution is -2.34. The van der Waals surface area contributed by atoms with E-state index in [2.05, 4.69) is 23.3 Å². The molecular formula is C17H20N4. The van der Waals surface area contributed by atoms with Crippen LogP contribution >= 0.6 is 0 Å². The maximum absolute atomic E-state index is 9.36. The second kappa shape index (κ2) is 6.11. The van der Waals surface area contributed by atoms with E-state index in [-0.39, 0.29) is 0 Å². The zero-order chi connectivity index (χ0) is 14.7. The SMILES string of the molecule is CN(CC1CCNCC1)c1cc(C#N)c2ccccc2n1. The van der Waals surface area contributed by atoms with Gasteiger partial charge < -0.3 is 10.2 Å². The van der Waals surface area contributed by atoms with Crippen molar-refractivity contribution in [1.82, 2.24) is 10.3 Å². The van der Waals surface area contributed by atoms with E-state index in [4.69, 9.17) is 4.98 Å². The summed E-state index contributed by atoms with van der Waals surface area (Å²) in [5.74, 6) is 1.60. The molecule has 0 amide bonds. The minimum atomic E-state index is 0.702. The Morgan fingerprint density at radius 2 is 2.10 bits per heavy atom. The summed E-state index contributed by atoms with van der Waals surface area (Å²) in [6.07, 6.45) is 2.42. The molecule has 1 aliphatic rings. The topological polar surface area (TPSA) is 52.0 Å². The second-order valence-corrected chi connectivity index (χ2v) is 5.73. The monoisotopic (exact) mass is 280 g/mol. The summed E-state index contributed by atoms with van der Waals surface area (Å²) in [6.45, 7) is 3.21. The van der Waals surface area contributed by atoms with Crippen LogP contribution in [0.3, 0.4) is 0 Å². The van der Waals surface area contributed by atoms with Crippen LogP contribution in [0.15, 0.2) is 30.3 Å². The van der Waals surface area contributed by atoms with Crippen LogP contribution in [0, 0.1) is 17.2 Å². The number of piperidine rings is 1. The molecule has 1 saturated heterocycles. The van der Waals surface area contributed by atoms with Crippen LogP contribution in [0.2, 0.25) is 0 Å². The molecule has 0 saturated carbocycles. The number of fused-ring (bicyclic) bond motifs is 1. The first-order chi connectivity index (χ1) is 10.3. The zero-order valence-electron chi connectivity index (χ0n) is 12.3. The van der Waals surface area contributed by atoms with Gasteiger partial charge in [0.1, 0.15) is 5.82 Å². The Balaban J connectivity index is 1.87. The fourth-order valence-electron chi connectivity index (χ4n) is 2.99. The average molecular weight is 280 g/mol. The minimum absolute atomic E-state index is 0.702. The third kappa shape index (κ3) is 2.98. The normalized spacial score (nSPS) is 15.8. The van der Waals surface area contributed by atoms with Crippen LogP contribution in [0.4, 0.5) is 5.82 Å². The fourth-order valence-corrected chi connectivity index (χ4v) is 2.99. The summed E-state index contributed by atoms with van der Waals surface area (Å²) >= 11 is 0. The summed E-state index contributed by atoms with van der Waals surface area (Å²) < 4.78 is 0. The van der Waals surface area contributed by atoms with E-state index >= 15 is 0 Å². The molecule has 0 spiro atoms. The van der Waals surface area contributed by atoms with E-state index in [0.717, 1.165) is 36.4 Å². The number of rotatable bonds is 3. The number of benzene rings is 1. The number of para-hydroxylation sites is 1. The molecule has 0 atom stereocenters. The summed E-state index contributed by atoms with van der Waals surface area (Å²) in [6, 6.07) is 12.0. The van der Waals surface area contributed by atoms with E-state index < -0.39 is 0 Å². The predicted octanol–water partition coefficient (Wildman–Crippen LogP) is 2.54. The van der Waals surface area contributed by atoms with Crippen molar-refractivity contribution in [2.75, 3.05) is 31.6 Å². The Hall–Kier alpha value is -2.12. The van der Waals surface area contributed by atoms with Gasteiger partial charge in [0.2, 0.25) is 0 Å². The number of hydrogen-bond acceptors (Lipinski definition) is 4. The van der Waals surface area contributed by atoms with Gasteiger partial charge in [-0.25, -0.2) is 4.98 Å². The Bertz CT molecular complexity index is 668. The van der Waals surface area contributed by atoms with E-state index in [9.17, 15) is 5.26 Å².